The molecular formula is C11H16ClNO2S. The van der Waals surface area contributed by atoms with Gasteiger partial charge < -0.3 is 0 Å². The summed E-state index contributed by atoms with van der Waals surface area (Å²) in [5, 5.41) is 0.651. The smallest absolute Gasteiger partial charge is 0.211 e. The second-order valence-corrected chi connectivity index (χ2v) is 5.98. The Morgan fingerprint density at radius 1 is 1.25 bits per heavy atom. The van der Waals surface area contributed by atoms with E-state index >= 15 is 0 Å². The Morgan fingerprint density at radius 3 is 2.44 bits per heavy atom. The minimum atomic E-state index is -3.14. The Hall–Kier alpha value is -0.580. The van der Waals surface area contributed by atoms with Gasteiger partial charge in [-0.25, -0.2) is 13.1 Å². The number of unbranched alkanes of at least 4 members (excludes halogenated alkanes) is 1. The minimum absolute atomic E-state index is 0.192. The Labute approximate surface area is 102 Å². The monoisotopic (exact) mass is 261 g/mol. The number of rotatable bonds is 6. The molecule has 0 amide bonds. The van der Waals surface area contributed by atoms with Crippen LogP contribution in [0, 0.1) is 0 Å². The number of nitrogens with one attached hydrogen (secondary N) is 1. The molecule has 0 heterocycles. The van der Waals surface area contributed by atoms with Crippen LogP contribution in [0.25, 0.3) is 0 Å². The van der Waals surface area contributed by atoms with Gasteiger partial charge in [0.1, 0.15) is 0 Å². The number of halogens is 1. The fraction of sp³-hybridized carbons (Fsp3) is 0.455. The first-order chi connectivity index (χ1) is 7.53. The van der Waals surface area contributed by atoms with Gasteiger partial charge in [0, 0.05) is 11.6 Å². The van der Waals surface area contributed by atoms with E-state index < -0.39 is 10.0 Å². The molecule has 0 aromatic heterocycles. The summed E-state index contributed by atoms with van der Waals surface area (Å²) < 4.78 is 25.5. The molecule has 1 rings (SSSR count). The van der Waals surface area contributed by atoms with Gasteiger partial charge in [-0.15, -0.1) is 0 Å². The first kappa shape index (κ1) is 13.5. The van der Waals surface area contributed by atoms with E-state index in [0.29, 0.717) is 18.0 Å². The van der Waals surface area contributed by atoms with Crippen molar-refractivity contribution in [3.8, 4) is 0 Å². The molecule has 0 bridgehead atoms. The zero-order chi connectivity index (χ0) is 12.0. The third kappa shape index (κ3) is 4.96. The van der Waals surface area contributed by atoms with Crippen LogP contribution in [-0.2, 0) is 16.6 Å². The van der Waals surface area contributed by atoms with Crippen LogP contribution in [-0.4, -0.2) is 14.2 Å². The van der Waals surface area contributed by atoms with Gasteiger partial charge in [-0.1, -0.05) is 37.1 Å². The number of benzene rings is 1. The van der Waals surface area contributed by atoms with Gasteiger partial charge in [0.25, 0.3) is 0 Å². The number of hydrogen-bond donors (Lipinski definition) is 1. The fourth-order valence-electron chi connectivity index (χ4n) is 1.20. The van der Waals surface area contributed by atoms with E-state index in [1.165, 1.54) is 0 Å². The summed E-state index contributed by atoms with van der Waals surface area (Å²) in [5.74, 6) is 0.192. The van der Waals surface area contributed by atoms with Gasteiger partial charge in [0.15, 0.2) is 0 Å². The summed E-state index contributed by atoms with van der Waals surface area (Å²) >= 11 is 5.73. The maximum atomic E-state index is 11.5. The van der Waals surface area contributed by atoms with E-state index in [1.54, 1.807) is 12.1 Å². The van der Waals surface area contributed by atoms with E-state index in [1.807, 2.05) is 19.1 Å². The van der Waals surface area contributed by atoms with Crippen molar-refractivity contribution in [2.45, 2.75) is 26.3 Å². The molecule has 0 aliphatic carbocycles. The second kappa shape index (κ2) is 6.23. The molecule has 90 valence electrons. The molecule has 1 aromatic rings. The van der Waals surface area contributed by atoms with Crippen molar-refractivity contribution >= 4 is 21.6 Å². The molecule has 1 N–H and O–H groups in total. The summed E-state index contributed by atoms with van der Waals surface area (Å²) in [7, 11) is -3.14. The first-order valence-electron chi connectivity index (χ1n) is 5.25. The predicted molar refractivity (Wildman–Crippen MR) is 67.0 cm³/mol. The van der Waals surface area contributed by atoms with Crippen molar-refractivity contribution in [1.82, 2.24) is 4.72 Å². The standard InChI is InChI=1S/C11H16ClNO2S/c1-2-3-8-16(14,15)13-9-10-4-6-11(12)7-5-10/h4-7,13H,2-3,8-9H2,1H3. The molecule has 3 nitrogen and oxygen atoms in total. The Balaban J connectivity index is 2.48. The summed E-state index contributed by atoms with van der Waals surface area (Å²) in [4.78, 5) is 0. The van der Waals surface area contributed by atoms with Crippen LogP contribution in [0.1, 0.15) is 25.3 Å². The van der Waals surface area contributed by atoms with Crippen LogP contribution in [0.15, 0.2) is 24.3 Å². The van der Waals surface area contributed by atoms with E-state index in [9.17, 15) is 8.42 Å². The van der Waals surface area contributed by atoms with Crippen molar-refractivity contribution in [3.63, 3.8) is 0 Å². The molecule has 0 spiro atoms. The van der Waals surface area contributed by atoms with E-state index in [2.05, 4.69) is 4.72 Å². The van der Waals surface area contributed by atoms with Crippen LogP contribution in [0.5, 0.6) is 0 Å². The molecule has 0 unspecified atom stereocenters. The topological polar surface area (TPSA) is 46.2 Å². The molecule has 0 saturated carbocycles. The Morgan fingerprint density at radius 2 is 1.88 bits per heavy atom. The average Bonchev–Trinajstić information content (AvgIpc) is 2.26. The van der Waals surface area contributed by atoms with Crippen molar-refractivity contribution in [2.24, 2.45) is 0 Å². The van der Waals surface area contributed by atoms with Gasteiger partial charge in [-0.05, 0) is 24.1 Å². The highest BCUT2D eigenvalue weighted by Gasteiger charge is 2.08. The highest BCUT2D eigenvalue weighted by Crippen LogP contribution is 2.09. The number of sulfonamides is 1. The van der Waals surface area contributed by atoms with Crippen molar-refractivity contribution in [1.29, 1.82) is 0 Å². The Kier molecular flexibility index (Phi) is 5.25. The maximum absolute atomic E-state index is 11.5. The first-order valence-corrected chi connectivity index (χ1v) is 7.28. The largest absolute Gasteiger partial charge is 0.212 e. The van der Waals surface area contributed by atoms with Gasteiger partial charge in [0.05, 0.1) is 5.75 Å². The van der Waals surface area contributed by atoms with Gasteiger partial charge in [0.2, 0.25) is 10.0 Å². The maximum Gasteiger partial charge on any atom is 0.211 e. The zero-order valence-electron chi connectivity index (χ0n) is 9.24. The van der Waals surface area contributed by atoms with Crippen LogP contribution < -0.4 is 4.72 Å². The summed E-state index contributed by atoms with van der Waals surface area (Å²) in [6, 6.07) is 7.11. The summed E-state index contributed by atoms with van der Waals surface area (Å²) in [6.45, 7) is 2.29. The third-order valence-electron chi connectivity index (χ3n) is 2.18. The lowest BCUT2D eigenvalue weighted by atomic mass is 10.2. The van der Waals surface area contributed by atoms with E-state index in [4.69, 9.17) is 11.6 Å². The molecule has 0 fully saturated rings. The molecule has 16 heavy (non-hydrogen) atoms. The predicted octanol–water partition coefficient (Wildman–Crippen LogP) is 2.56. The lowest BCUT2D eigenvalue weighted by molar-refractivity contribution is 0.578. The van der Waals surface area contributed by atoms with Crippen molar-refractivity contribution in [3.05, 3.63) is 34.9 Å². The quantitative estimate of drug-likeness (QED) is 0.856. The molecule has 0 radical (unpaired) electrons. The molecule has 0 saturated heterocycles. The Bertz CT molecular complexity index is 414. The SMILES string of the molecule is CCCCS(=O)(=O)NCc1ccc(Cl)cc1. The number of hydrogen-bond acceptors (Lipinski definition) is 2. The van der Waals surface area contributed by atoms with E-state index in [-0.39, 0.29) is 5.75 Å². The zero-order valence-corrected chi connectivity index (χ0v) is 10.8. The average molecular weight is 262 g/mol. The highest BCUT2D eigenvalue weighted by molar-refractivity contribution is 7.89. The molecular weight excluding hydrogens is 246 g/mol. The minimum Gasteiger partial charge on any atom is -0.212 e. The van der Waals surface area contributed by atoms with Gasteiger partial charge in [-0.2, -0.15) is 0 Å². The second-order valence-electron chi connectivity index (χ2n) is 3.62. The normalized spacial score (nSPS) is 11.6. The third-order valence-corrected chi connectivity index (χ3v) is 3.84. The van der Waals surface area contributed by atoms with Crippen LogP contribution >= 0.6 is 11.6 Å². The van der Waals surface area contributed by atoms with Gasteiger partial charge in [-0.3, -0.25) is 0 Å². The lowest BCUT2D eigenvalue weighted by Crippen LogP contribution is -2.25. The van der Waals surface area contributed by atoms with Crippen LogP contribution in [0.2, 0.25) is 5.02 Å². The fourth-order valence-corrected chi connectivity index (χ4v) is 2.53. The summed E-state index contributed by atoms with van der Waals surface area (Å²) in [6.07, 6.45) is 1.57. The molecule has 0 aliphatic rings. The molecule has 0 atom stereocenters. The van der Waals surface area contributed by atoms with Crippen molar-refractivity contribution < 1.29 is 8.42 Å². The molecule has 1 aromatic carbocycles. The van der Waals surface area contributed by atoms with E-state index in [0.717, 1.165) is 12.0 Å². The van der Waals surface area contributed by atoms with Gasteiger partial charge >= 0.3 is 0 Å². The molecule has 5 heteroatoms. The summed E-state index contributed by atoms with van der Waals surface area (Å²) in [5.41, 5.74) is 0.907. The van der Waals surface area contributed by atoms with Crippen LogP contribution in [0.3, 0.4) is 0 Å². The highest BCUT2D eigenvalue weighted by atomic mass is 35.5. The van der Waals surface area contributed by atoms with Crippen molar-refractivity contribution in [2.75, 3.05) is 5.75 Å². The lowest BCUT2D eigenvalue weighted by Gasteiger charge is -2.06. The molecule has 0 aliphatic heterocycles. The van der Waals surface area contributed by atoms with Crippen LogP contribution in [0.4, 0.5) is 0 Å².